The molecule has 0 saturated carbocycles. The Morgan fingerprint density at radius 1 is 1.00 bits per heavy atom. The third-order valence-corrected chi connectivity index (χ3v) is 3.07. The van der Waals surface area contributed by atoms with E-state index in [9.17, 15) is 5.11 Å². The summed E-state index contributed by atoms with van der Waals surface area (Å²) in [6.07, 6.45) is 0.400. The van der Waals surface area contributed by atoms with Gasteiger partial charge in [0.15, 0.2) is 0 Å². The number of nitrogens with two attached hydrogens (primary N) is 1. The molecule has 0 heterocycles. The zero-order chi connectivity index (χ0) is 13.5. The molecule has 7 N–H and O–H groups in total. The van der Waals surface area contributed by atoms with Gasteiger partial charge in [0.2, 0.25) is 0 Å². The van der Waals surface area contributed by atoms with E-state index >= 15 is 0 Å². The fourth-order valence-corrected chi connectivity index (χ4v) is 1.96. The van der Waals surface area contributed by atoms with E-state index in [1.165, 1.54) is 5.56 Å². The maximum Gasteiger partial charge on any atom is 0.0962 e. The molecule has 1 atom stereocenters. The largest absolute Gasteiger partial charge is 0.387 e. The molecule has 0 aliphatic carbocycles. The fourth-order valence-electron chi connectivity index (χ4n) is 1.96. The van der Waals surface area contributed by atoms with E-state index in [1.54, 1.807) is 0 Å². The van der Waals surface area contributed by atoms with Crippen molar-refractivity contribution in [2.75, 3.05) is 18.4 Å². The van der Waals surface area contributed by atoms with Crippen molar-refractivity contribution in [3.05, 3.63) is 65.7 Å². The number of anilines is 1. The molecular weight excluding hydrogens is 250 g/mol. The highest BCUT2D eigenvalue weighted by Crippen LogP contribution is 2.15. The SMILES string of the molecule is N.NCCc1ccc(NC[C@@H](O)c2ccccc2)cc1. The van der Waals surface area contributed by atoms with Crippen LogP contribution in [0, 0.1) is 0 Å². The zero-order valence-corrected chi connectivity index (χ0v) is 11.6. The Hall–Kier alpha value is -1.88. The van der Waals surface area contributed by atoms with Gasteiger partial charge in [-0.2, -0.15) is 0 Å². The van der Waals surface area contributed by atoms with Gasteiger partial charge < -0.3 is 22.3 Å². The van der Waals surface area contributed by atoms with Crippen molar-refractivity contribution < 1.29 is 5.11 Å². The smallest absolute Gasteiger partial charge is 0.0962 e. The summed E-state index contributed by atoms with van der Waals surface area (Å²) in [4.78, 5) is 0. The van der Waals surface area contributed by atoms with Gasteiger partial charge in [0, 0.05) is 12.2 Å². The summed E-state index contributed by atoms with van der Waals surface area (Å²) < 4.78 is 0. The van der Waals surface area contributed by atoms with Gasteiger partial charge in [0.05, 0.1) is 6.10 Å². The maximum atomic E-state index is 10.0. The van der Waals surface area contributed by atoms with Gasteiger partial charge in [0.25, 0.3) is 0 Å². The molecule has 0 bridgehead atoms. The molecule has 0 unspecified atom stereocenters. The summed E-state index contributed by atoms with van der Waals surface area (Å²) in [5, 5.41) is 13.3. The zero-order valence-electron chi connectivity index (χ0n) is 11.6. The van der Waals surface area contributed by atoms with E-state index in [2.05, 4.69) is 17.4 Å². The first-order valence-corrected chi connectivity index (χ1v) is 6.55. The lowest BCUT2D eigenvalue weighted by Crippen LogP contribution is -2.12. The van der Waals surface area contributed by atoms with Gasteiger partial charge >= 0.3 is 0 Å². The third kappa shape index (κ3) is 4.66. The monoisotopic (exact) mass is 273 g/mol. The lowest BCUT2D eigenvalue weighted by atomic mass is 10.1. The highest BCUT2D eigenvalue weighted by Gasteiger charge is 2.05. The lowest BCUT2D eigenvalue weighted by Gasteiger charge is -2.13. The van der Waals surface area contributed by atoms with E-state index in [1.807, 2.05) is 42.5 Å². The van der Waals surface area contributed by atoms with Crippen LogP contribution in [0.25, 0.3) is 0 Å². The van der Waals surface area contributed by atoms with Crippen molar-refractivity contribution in [3.63, 3.8) is 0 Å². The summed E-state index contributed by atoms with van der Waals surface area (Å²) in [5.41, 5.74) is 8.68. The topological polar surface area (TPSA) is 93.3 Å². The van der Waals surface area contributed by atoms with Crippen molar-refractivity contribution in [1.82, 2.24) is 6.15 Å². The Bertz CT molecular complexity index is 485. The highest BCUT2D eigenvalue weighted by atomic mass is 16.3. The van der Waals surface area contributed by atoms with Gasteiger partial charge in [-0.15, -0.1) is 0 Å². The number of rotatable bonds is 6. The molecule has 0 fully saturated rings. The minimum absolute atomic E-state index is 0. The van der Waals surface area contributed by atoms with Crippen molar-refractivity contribution >= 4 is 5.69 Å². The molecule has 0 aromatic heterocycles. The van der Waals surface area contributed by atoms with Crippen molar-refractivity contribution in [2.24, 2.45) is 5.73 Å². The van der Waals surface area contributed by atoms with E-state index in [0.717, 1.165) is 17.7 Å². The van der Waals surface area contributed by atoms with Crippen LogP contribution in [0.5, 0.6) is 0 Å². The number of benzene rings is 2. The quantitative estimate of drug-likeness (QED) is 0.650. The third-order valence-electron chi connectivity index (χ3n) is 3.07. The summed E-state index contributed by atoms with van der Waals surface area (Å²) in [6.45, 7) is 1.17. The van der Waals surface area contributed by atoms with Crippen LogP contribution < -0.4 is 17.2 Å². The molecule has 4 nitrogen and oxygen atoms in total. The van der Waals surface area contributed by atoms with Crippen LogP contribution in [0.3, 0.4) is 0 Å². The average Bonchev–Trinajstić information content (AvgIpc) is 2.47. The second kappa shape index (κ2) is 8.32. The van der Waals surface area contributed by atoms with Crippen LogP contribution in [-0.2, 0) is 6.42 Å². The molecule has 0 aliphatic heterocycles. The van der Waals surface area contributed by atoms with Crippen LogP contribution in [0.4, 0.5) is 5.69 Å². The fraction of sp³-hybridized carbons (Fsp3) is 0.250. The van der Waals surface area contributed by atoms with Crippen molar-refractivity contribution in [1.29, 1.82) is 0 Å². The number of aliphatic hydroxyl groups is 1. The number of nitrogens with one attached hydrogen (secondary N) is 1. The second-order valence-electron chi connectivity index (χ2n) is 4.54. The summed E-state index contributed by atoms with van der Waals surface area (Å²) >= 11 is 0. The maximum absolute atomic E-state index is 10.0. The van der Waals surface area contributed by atoms with E-state index in [0.29, 0.717) is 13.1 Å². The summed E-state index contributed by atoms with van der Waals surface area (Å²) in [7, 11) is 0. The Morgan fingerprint density at radius 2 is 1.65 bits per heavy atom. The van der Waals surface area contributed by atoms with Gasteiger partial charge in [-0.05, 0) is 36.2 Å². The van der Waals surface area contributed by atoms with Crippen molar-refractivity contribution in [3.8, 4) is 0 Å². The number of hydrogen-bond donors (Lipinski definition) is 4. The Kier molecular flexibility index (Phi) is 6.73. The molecule has 108 valence electrons. The second-order valence-corrected chi connectivity index (χ2v) is 4.54. The predicted octanol–water partition coefficient (Wildman–Crippen LogP) is 2.50. The summed E-state index contributed by atoms with van der Waals surface area (Å²) in [6, 6.07) is 17.8. The number of aliphatic hydroxyl groups excluding tert-OH is 1. The molecule has 0 amide bonds. The molecule has 0 radical (unpaired) electrons. The molecular formula is C16H23N3O. The normalized spacial score (nSPS) is 11.5. The van der Waals surface area contributed by atoms with Crippen LogP contribution in [0.1, 0.15) is 17.2 Å². The van der Waals surface area contributed by atoms with Gasteiger partial charge in [0.1, 0.15) is 0 Å². The van der Waals surface area contributed by atoms with E-state index < -0.39 is 6.10 Å². The Labute approximate surface area is 120 Å². The van der Waals surface area contributed by atoms with Gasteiger partial charge in [-0.3, -0.25) is 0 Å². The molecule has 2 aromatic carbocycles. The molecule has 0 aliphatic rings. The first kappa shape index (κ1) is 16.2. The standard InChI is InChI=1S/C16H20N2O.H3N/c17-11-10-13-6-8-15(9-7-13)18-12-16(19)14-4-2-1-3-5-14;/h1-9,16,18-19H,10-12,17H2;1H3/t16-;/m1./s1. The first-order chi connectivity index (χ1) is 9.29. The van der Waals surface area contributed by atoms with Crippen molar-refractivity contribution in [2.45, 2.75) is 12.5 Å². The highest BCUT2D eigenvalue weighted by molar-refractivity contribution is 5.45. The average molecular weight is 273 g/mol. The molecule has 0 spiro atoms. The molecule has 2 aromatic rings. The Morgan fingerprint density at radius 3 is 2.25 bits per heavy atom. The van der Waals surface area contributed by atoms with Crippen LogP contribution in [0.2, 0.25) is 0 Å². The van der Waals surface area contributed by atoms with Gasteiger partial charge in [-0.25, -0.2) is 0 Å². The Balaban J connectivity index is 0.00000200. The van der Waals surface area contributed by atoms with Crippen LogP contribution >= 0.6 is 0 Å². The molecule has 2 rings (SSSR count). The first-order valence-electron chi connectivity index (χ1n) is 6.55. The minimum atomic E-state index is -0.495. The van der Waals surface area contributed by atoms with E-state index in [4.69, 9.17) is 5.73 Å². The minimum Gasteiger partial charge on any atom is -0.387 e. The molecule has 4 heteroatoms. The predicted molar refractivity (Wildman–Crippen MR) is 84.1 cm³/mol. The molecule has 20 heavy (non-hydrogen) atoms. The number of hydrogen-bond acceptors (Lipinski definition) is 4. The molecule has 0 saturated heterocycles. The lowest BCUT2D eigenvalue weighted by molar-refractivity contribution is 0.191. The van der Waals surface area contributed by atoms with Crippen LogP contribution in [0.15, 0.2) is 54.6 Å². The van der Waals surface area contributed by atoms with E-state index in [-0.39, 0.29) is 6.15 Å². The van der Waals surface area contributed by atoms with Gasteiger partial charge in [-0.1, -0.05) is 42.5 Å². The van der Waals surface area contributed by atoms with Crippen LogP contribution in [-0.4, -0.2) is 18.2 Å². The summed E-state index contributed by atoms with van der Waals surface area (Å²) in [5.74, 6) is 0.